The molecule has 0 radical (unpaired) electrons. The van der Waals surface area contributed by atoms with Crippen molar-refractivity contribution in [1.82, 2.24) is 4.98 Å². The van der Waals surface area contributed by atoms with Crippen molar-refractivity contribution in [3.8, 4) is 0 Å². The molecule has 2 heterocycles. The van der Waals surface area contributed by atoms with E-state index < -0.39 is 20.0 Å². The normalized spacial score (nSPS) is 12.0. The number of benzene rings is 1. The summed E-state index contributed by atoms with van der Waals surface area (Å²) >= 11 is 19.2. The number of nitrogens with one attached hydrogen (secondary N) is 2. The van der Waals surface area contributed by atoms with Gasteiger partial charge in [0.15, 0.2) is 0 Å². The number of hydrogen-bond donors (Lipinski definition) is 2. The third-order valence-electron chi connectivity index (χ3n) is 3.35. The number of nitrogens with zero attached hydrogens (tertiary/aromatic N) is 1. The van der Waals surface area contributed by atoms with Crippen molar-refractivity contribution >= 4 is 77.6 Å². The Labute approximate surface area is 180 Å². The average molecular weight is 499 g/mol. The highest BCUT2D eigenvalue weighted by molar-refractivity contribution is 7.94. The molecule has 148 valence electrons. The van der Waals surface area contributed by atoms with Gasteiger partial charge in [0.05, 0.1) is 26.4 Å². The minimum Gasteiger partial charge on any atom is -0.277 e. The van der Waals surface area contributed by atoms with Crippen molar-refractivity contribution in [3.05, 3.63) is 63.2 Å². The summed E-state index contributed by atoms with van der Waals surface area (Å²) in [7, 11) is -8.13. The van der Waals surface area contributed by atoms with Gasteiger partial charge < -0.3 is 0 Å². The molecule has 7 nitrogen and oxygen atoms in total. The standard InChI is InChI=1S/C15H10Cl3N3O4S3/c16-10-7-11(20-28(24,25)12-4-2-6-26-12)15(14(18)13(10)17)21-27(22,23)9-3-1-5-19-8-9/h1-8,20-21H. The van der Waals surface area contributed by atoms with E-state index in [-0.39, 0.29) is 35.5 Å². The molecule has 0 amide bonds. The first kappa shape index (κ1) is 21.2. The van der Waals surface area contributed by atoms with Crippen LogP contribution in [0.1, 0.15) is 0 Å². The summed E-state index contributed by atoms with van der Waals surface area (Å²) in [6.07, 6.45) is 2.54. The fraction of sp³-hybridized carbons (Fsp3) is 0. The molecule has 0 unspecified atom stereocenters. The van der Waals surface area contributed by atoms with Crippen molar-refractivity contribution in [2.24, 2.45) is 0 Å². The van der Waals surface area contributed by atoms with Gasteiger partial charge in [-0.3, -0.25) is 14.4 Å². The lowest BCUT2D eigenvalue weighted by Gasteiger charge is -2.17. The average Bonchev–Trinajstić information content (AvgIpc) is 3.20. The zero-order valence-corrected chi connectivity index (χ0v) is 18.3. The van der Waals surface area contributed by atoms with Crippen LogP contribution in [0.15, 0.2) is 57.2 Å². The molecule has 2 aromatic heterocycles. The molecule has 0 aliphatic rings. The van der Waals surface area contributed by atoms with Gasteiger partial charge in [0.1, 0.15) is 9.10 Å². The Balaban J connectivity index is 2.09. The number of rotatable bonds is 6. The molecule has 3 aromatic rings. The van der Waals surface area contributed by atoms with Crippen LogP contribution >= 0.6 is 46.1 Å². The number of halogens is 3. The summed E-state index contributed by atoms with van der Waals surface area (Å²) in [4.78, 5) is 3.60. The smallest absolute Gasteiger partial charge is 0.271 e. The van der Waals surface area contributed by atoms with E-state index in [4.69, 9.17) is 34.8 Å². The SMILES string of the molecule is O=S(=O)(Nc1c(NS(=O)(=O)c2cccs2)cc(Cl)c(Cl)c1Cl)c1cccnc1. The van der Waals surface area contributed by atoms with Crippen LogP contribution in [0.25, 0.3) is 0 Å². The molecule has 0 atom stereocenters. The first-order valence-corrected chi connectivity index (χ1v) is 12.3. The van der Waals surface area contributed by atoms with Gasteiger partial charge in [-0.25, -0.2) is 16.8 Å². The van der Waals surface area contributed by atoms with Gasteiger partial charge >= 0.3 is 0 Å². The molecule has 0 spiro atoms. The predicted octanol–water partition coefficient (Wildman–Crippen LogP) is 4.70. The maximum atomic E-state index is 12.6. The molecule has 13 heteroatoms. The van der Waals surface area contributed by atoms with Gasteiger partial charge in [-0.1, -0.05) is 40.9 Å². The maximum Gasteiger partial charge on any atom is 0.271 e. The van der Waals surface area contributed by atoms with E-state index in [1.165, 1.54) is 30.5 Å². The third-order valence-corrected chi connectivity index (χ3v) is 8.71. The minimum atomic E-state index is -4.13. The maximum absolute atomic E-state index is 12.6. The highest BCUT2D eigenvalue weighted by Gasteiger charge is 2.25. The van der Waals surface area contributed by atoms with Gasteiger partial charge in [-0.2, -0.15) is 0 Å². The van der Waals surface area contributed by atoms with Crippen molar-refractivity contribution in [2.75, 3.05) is 9.44 Å². The monoisotopic (exact) mass is 497 g/mol. The molecule has 1 aromatic carbocycles. The van der Waals surface area contributed by atoms with Gasteiger partial charge in [-0.15, -0.1) is 11.3 Å². The van der Waals surface area contributed by atoms with Crippen molar-refractivity contribution in [1.29, 1.82) is 0 Å². The summed E-state index contributed by atoms with van der Waals surface area (Å²) in [5.74, 6) is 0. The van der Waals surface area contributed by atoms with Crippen LogP contribution in [0.4, 0.5) is 11.4 Å². The zero-order chi connectivity index (χ0) is 20.5. The molecule has 0 aliphatic carbocycles. The van der Waals surface area contributed by atoms with Crippen LogP contribution in [-0.4, -0.2) is 21.8 Å². The fourth-order valence-electron chi connectivity index (χ4n) is 2.09. The number of sulfonamides is 2. The predicted molar refractivity (Wildman–Crippen MR) is 112 cm³/mol. The fourth-order valence-corrected chi connectivity index (χ4v) is 5.91. The zero-order valence-electron chi connectivity index (χ0n) is 13.6. The van der Waals surface area contributed by atoms with Crippen LogP contribution in [0.5, 0.6) is 0 Å². The Morgan fingerprint density at radius 1 is 0.929 bits per heavy atom. The van der Waals surface area contributed by atoms with Crippen LogP contribution in [0.2, 0.25) is 15.1 Å². The van der Waals surface area contributed by atoms with Crippen LogP contribution < -0.4 is 9.44 Å². The van der Waals surface area contributed by atoms with E-state index in [0.717, 1.165) is 17.5 Å². The summed E-state index contributed by atoms with van der Waals surface area (Å²) < 4.78 is 54.9. The summed E-state index contributed by atoms with van der Waals surface area (Å²) in [6.45, 7) is 0. The summed E-state index contributed by atoms with van der Waals surface area (Å²) in [5, 5.41) is 1.14. The number of aromatic nitrogens is 1. The molecule has 0 saturated carbocycles. The summed E-state index contributed by atoms with van der Waals surface area (Å²) in [6, 6.07) is 6.88. The topological polar surface area (TPSA) is 105 Å². The second-order valence-corrected chi connectivity index (χ2v) is 10.9. The van der Waals surface area contributed by atoms with Crippen LogP contribution in [0, 0.1) is 0 Å². The number of hydrogen-bond acceptors (Lipinski definition) is 6. The highest BCUT2D eigenvalue weighted by Crippen LogP contribution is 2.43. The molecule has 0 fully saturated rings. The molecule has 28 heavy (non-hydrogen) atoms. The number of anilines is 2. The second-order valence-electron chi connectivity index (χ2n) is 5.24. The van der Waals surface area contributed by atoms with Crippen LogP contribution in [-0.2, 0) is 20.0 Å². The first-order valence-electron chi connectivity index (χ1n) is 7.28. The number of thiophene rings is 1. The molecular formula is C15H10Cl3N3O4S3. The molecule has 3 rings (SSSR count). The Morgan fingerprint density at radius 2 is 1.68 bits per heavy atom. The van der Waals surface area contributed by atoms with E-state index in [1.807, 2.05) is 0 Å². The van der Waals surface area contributed by atoms with Gasteiger partial charge in [0.25, 0.3) is 20.0 Å². The number of pyridine rings is 1. The largest absolute Gasteiger partial charge is 0.277 e. The minimum absolute atomic E-state index is 0.0239. The molecule has 0 bridgehead atoms. The Kier molecular flexibility index (Phi) is 6.08. The van der Waals surface area contributed by atoms with Gasteiger partial charge in [0, 0.05) is 12.4 Å². The molecule has 0 aliphatic heterocycles. The van der Waals surface area contributed by atoms with Gasteiger partial charge in [-0.05, 0) is 29.6 Å². The summed E-state index contributed by atoms with van der Waals surface area (Å²) in [5.41, 5.74) is -0.444. The molecule has 2 N–H and O–H groups in total. The third kappa shape index (κ3) is 4.37. The second kappa shape index (κ2) is 8.05. The lowest BCUT2D eigenvalue weighted by atomic mass is 10.3. The van der Waals surface area contributed by atoms with E-state index in [2.05, 4.69) is 14.4 Å². The first-order chi connectivity index (χ1) is 13.1. The van der Waals surface area contributed by atoms with Crippen molar-refractivity contribution in [2.45, 2.75) is 9.10 Å². The lowest BCUT2D eigenvalue weighted by molar-refractivity contribution is 0.599. The quantitative estimate of drug-likeness (QED) is 0.479. The molecule has 0 saturated heterocycles. The van der Waals surface area contributed by atoms with E-state index in [1.54, 1.807) is 11.4 Å². The Morgan fingerprint density at radius 3 is 2.29 bits per heavy atom. The highest BCUT2D eigenvalue weighted by atomic mass is 35.5. The van der Waals surface area contributed by atoms with E-state index >= 15 is 0 Å². The van der Waals surface area contributed by atoms with E-state index in [0.29, 0.717) is 0 Å². The van der Waals surface area contributed by atoms with Crippen LogP contribution in [0.3, 0.4) is 0 Å². The molecular weight excluding hydrogens is 489 g/mol. The Bertz CT molecular complexity index is 1220. The van der Waals surface area contributed by atoms with Gasteiger partial charge in [0.2, 0.25) is 0 Å². The lowest BCUT2D eigenvalue weighted by Crippen LogP contribution is -2.18. The Hall–Kier alpha value is -1.56. The van der Waals surface area contributed by atoms with Crippen molar-refractivity contribution < 1.29 is 16.8 Å². The van der Waals surface area contributed by atoms with E-state index in [9.17, 15) is 16.8 Å². The van der Waals surface area contributed by atoms with Crippen molar-refractivity contribution in [3.63, 3.8) is 0 Å².